The van der Waals surface area contributed by atoms with Gasteiger partial charge in [-0.05, 0) is 65.9 Å². The van der Waals surface area contributed by atoms with Gasteiger partial charge < -0.3 is 5.32 Å². The van der Waals surface area contributed by atoms with E-state index in [4.69, 9.17) is 0 Å². The SMILES string of the molecule is Fc1cc(F)c(NC2CCC3(CCCC3)CC2)c(Br)c1. The lowest BCUT2D eigenvalue weighted by Crippen LogP contribution is -2.32. The molecule has 0 aliphatic heterocycles. The summed E-state index contributed by atoms with van der Waals surface area (Å²) in [6, 6.07) is 2.55. The number of nitrogens with one attached hydrogen (secondary N) is 1. The highest BCUT2D eigenvalue weighted by Crippen LogP contribution is 2.49. The molecule has 0 aromatic heterocycles. The Morgan fingerprint density at radius 1 is 1.05 bits per heavy atom. The van der Waals surface area contributed by atoms with Gasteiger partial charge in [-0.25, -0.2) is 8.78 Å². The summed E-state index contributed by atoms with van der Waals surface area (Å²) in [4.78, 5) is 0. The number of halogens is 3. The Kier molecular flexibility index (Phi) is 4.02. The van der Waals surface area contributed by atoms with Crippen molar-refractivity contribution in [3.05, 3.63) is 28.2 Å². The third kappa shape index (κ3) is 2.85. The summed E-state index contributed by atoms with van der Waals surface area (Å²) in [5.41, 5.74) is 0.982. The van der Waals surface area contributed by atoms with Gasteiger partial charge in [0.15, 0.2) is 0 Å². The quantitative estimate of drug-likeness (QED) is 0.732. The Bertz CT molecular complexity index is 464. The van der Waals surface area contributed by atoms with Gasteiger partial charge in [0, 0.05) is 16.6 Å². The number of hydrogen-bond acceptors (Lipinski definition) is 1. The highest BCUT2D eigenvalue weighted by molar-refractivity contribution is 9.10. The van der Waals surface area contributed by atoms with Crippen LogP contribution in [0.15, 0.2) is 16.6 Å². The lowest BCUT2D eigenvalue weighted by molar-refractivity contribution is 0.188. The minimum atomic E-state index is -0.548. The summed E-state index contributed by atoms with van der Waals surface area (Å²) >= 11 is 3.24. The van der Waals surface area contributed by atoms with Gasteiger partial charge in [-0.2, -0.15) is 0 Å². The first kappa shape index (κ1) is 14.3. The molecule has 1 nitrogen and oxygen atoms in total. The van der Waals surface area contributed by atoms with Gasteiger partial charge in [-0.15, -0.1) is 0 Å². The van der Waals surface area contributed by atoms with Gasteiger partial charge in [-0.1, -0.05) is 12.8 Å². The smallest absolute Gasteiger partial charge is 0.150 e. The zero-order chi connectivity index (χ0) is 14.2. The molecule has 0 heterocycles. The second-order valence-corrected chi connectivity index (χ2v) is 7.22. The molecular weight excluding hydrogens is 324 g/mol. The third-order valence-electron chi connectivity index (χ3n) is 5.07. The van der Waals surface area contributed by atoms with E-state index in [-0.39, 0.29) is 0 Å². The van der Waals surface area contributed by atoms with Gasteiger partial charge in [-0.3, -0.25) is 0 Å². The van der Waals surface area contributed by atoms with E-state index in [1.807, 2.05) is 0 Å². The molecule has 0 saturated heterocycles. The highest BCUT2D eigenvalue weighted by atomic mass is 79.9. The Hall–Kier alpha value is -0.640. The lowest BCUT2D eigenvalue weighted by atomic mass is 9.71. The zero-order valence-electron chi connectivity index (χ0n) is 11.5. The summed E-state index contributed by atoms with van der Waals surface area (Å²) in [6.07, 6.45) is 10.1. The molecule has 1 N–H and O–H groups in total. The van der Waals surface area contributed by atoms with E-state index < -0.39 is 11.6 Å². The van der Waals surface area contributed by atoms with E-state index in [0.717, 1.165) is 18.9 Å². The summed E-state index contributed by atoms with van der Waals surface area (Å²) < 4.78 is 27.4. The van der Waals surface area contributed by atoms with E-state index in [1.165, 1.54) is 44.6 Å². The molecule has 1 spiro atoms. The molecular formula is C16H20BrF2N. The molecule has 2 saturated carbocycles. The van der Waals surface area contributed by atoms with E-state index in [1.54, 1.807) is 0 Å². The molecule has 0 radical (unpaired) electrons. The fraction of sp³-hybridized carbons (Fsp3) is 0.625. The van der Waals surface area contributed by atoms with Crippen molar-refractivity contribution in [2.24, 2.45) is 5.41 Å². The summed E-state index contributed by atoms with van der Waals surface area (Å²) in [5, 5.41) is 3.26. The molecule has 1 aromatic carbocycles. The monoisotopic (exact) mass is 343 g/mol. The molecule has 3 rings (SSSR count). The van der Waals surface area contributed by atoms with Gasteiger partial charge >= 0.3 is 0 Å². The van der Waals surface area contributed by atoms with Crippen molar-refractivity contribution in [2.75, 3.05) is 5.32 Å². The molecule has 2 aliphatic rings. The van der Waals surface area contributed by atoms with Crippen LogP contribution in [0, 0.1) is 17.0 Å². The number of hydrogen-bond donors (Lipinski definition) is 1. The Labute approximate surface area is 127 Å². The van der Waals surface area contributed by atoms with E-state index in [0.29, 0.717) is 21.6 Å². The predicted molar refractivity (Wildman–Crippen MR) is 80.8 cm³/mol. The Balaban J connectivity index is 1.65. The largest absolute Gasteiger partial charge is 0.379 e. The average Bonchev–Trinajstić information content (AvgIpc) is 2.85. The number of rotatable bonds is 2. The minimum Gasteiger partial charge on any atom is -0.379 e. The van der Waals surface area contributed by atoms with E-state index in [9.17, 15) is 8.78 Å². The van der Waals surface area contributed by atoms with Gasteiger partial charge in [0.1, 0.15) is 11.6 Å². The van der Waals surface area contributed by atoms with E-state index >= 15 is 0 Å². The molecule has 4 heteroatoms. The molecule has 110 valence electrons. The van der Waals surface area contributed by atoms with Crippen LogP contribution in [-0.4, -0.2) is 6.04 Å². The first-order valence-corrected chi connectivity index (χ1v) is 8.28. The lowest BCUT2D eigenvalue weighted by Gasteiger charge is -2.38. The van der Waals surface area contributed by atoms with E-state index in [2.05, 4.69) is 21.2 Å². The van der Waals surface area contributed by atoms with Gasteiger partial charge in [0.2, 0.25) is 0 Å². The fourth-order valence-electron chi connectivity index (χ4n) is 3.88. The molecule has 2 aliphatic carbocycles. The van der Waals surface area contributed by atoms with Crippen LogP contribution in [0.3, 0.4) is 0 Å². The van der Waals surface area contributed by atoms with Gasteiger partial charge in [0.05, 0.1) is 5.69 Å². The summed E-state index contributed by atoms with van der Waals surface area (Å²) in [5.74, 6) is -1.06. The van der Waals surface area contributed by atoms with Crippen molar-refractivity contribution in [2.45, 2.75) is 57.4 Å². The maximum absolute atomic E-state index is 13.8. The normalized spacial score (nSPS) is 22.4. The van der Waals surface area contributed by atoms with Crippen LogP contribution in [-0.2, 0) is 0 Å². The van der Waals surface area contributed by atoms with Crippen LogP contribution in [0.2, 0.25) is 0 Å². The molecule has 2 fully saturated rings. The van der Waals surface area contributed by atoms with Crippen LogP contribution in [0.5, 0.6) is 0 Å². The first-order chi connectivity index (χ1) is 9.58. The van der Waals surface area contributed by atoms with Crippen molar-refractivity contribution in [3.63, 3.8) is 0 Å². The van der Waals surface area contributed by atoms with Gasteiger partial charge in [0.25, 0.3) is 0 Å². The summed E-state index contributed by atoms with van der Waals surface area (Å²) in [6.45, 7) is 0. The maximum Gasteiger partial charge on any atom is 0.150 e. The average molecular weight is 344 g/mol. The molecule has 20 heavy (non-hydrogen) atoms. The molecule has 0 bridgehead atoms. The number of benzene rings is 1. The predicted octanol–water partition coefficient (Wildman–Crippen LogP) is 5.64. The van der Waals surface area contributed by atoms with Crippen molar-refractivity contribution >= 4 is 21.6 Å². The first-order valence-electron chi connectivity index (χ1n) is 7.49. The van der Waals surface area contributed by atoms with Crippen LogP contribution in [0.25, 0.3) is 0 Å². The zero-order valence-corrected chi connectivity index (χ0v) is 13.1. The van der Waals surface area contributed by atoms with Crippen LogP contribution < -0.4 is 5.32 Å². The Morgan fingerprint density at radius 2 is 1.70 bits per heavy atom. The Morgan fingerprint density at radius 3 is 2.30 bits per heavy atom. The molecule has 0 amide bonds. The van der Waals surface area contributed by atoms with Crippen LogP contribution >= 0.6 is 15.9 Å². The van der Waals surface area contributed by atoms with Crippen molar-refractivity contribution in [1.82, 2.24) is 0 Å². The van der Waals surface area contributed by atoms with Crippen LogP contribution in [0.1, 0.15) is 51.4 Å². The summed E-state index contributed by atoms with van der Waals surface area (Å²) in [7, 11) is 0. The minimum absolute atomic E-state index is 0.303. The molecule has 0 unspecified atom stereocenters. The standard InChI is InChI=1S/C16H20BrF2N/c17-13-9-11(18)10-14(19)15(13)20-12-3-7-16(8-4-12)5-1-2-6-16/h9-10,12,20H,1-8H2. The van der Waals surface area contributed by atoms with Crippen molar-refractivity contribution in [3.8, 4) is 0 Å². The van der Waals surface area contributed by atoms with Crippen molar-refractivity contribution in [1.29, 1.82) is 0 Å². The molecule has 1 aromatic rings. The van der Waals surface area contributed by atoms with Crippen LogP contribution in [0.4, 0.5) is 14.5 Å². The number of anilines is 1. The fourth-order valence-corrected chi connectivity index (χ4v) is 4.41. The maximum atomic E-state index is 13.8. The highest BCUT2D eigenvalue weighted by Gasteiger charge is 2.37. The third-order valence-corrected chi connectivity index (χ3v) is 5.69. The topological polar surface area (TPSA) is 12.0 Å². The molecule has 0 atom stereocenters. The second kappa shape index (κ2) is 5.63. The van der Waals surface area contributed by atoms with Crippen molar-refractivity contribution < 1.29 is 8.78 Å². The second-order valence-electron chi connectivity index (χ2n) is 6.37.